The Morgan fingerprint density at radius 3 is 2.32 bits per heavy atom. The number of hydrogen-bond acceptors (Lipinski definition) is 4. The van der Waals surface area contributed by atoms with Crippen LogP contribution in [0.3, 0.4) is 0 Å². The highest BCUT2D eigenvalue weighted by Crippen LogP contribution is 2.20. The van der Waals surface area contributed by atoms with E-state index in [2.05, 4.69) is 15.6 Å². The van der Waals surface area contributed by atoms with Crippen LogP contribution in [0.2, 0.25) is 0 Å². The monoisotopic (exact) mass is 345 g/mol. The second-order valence-corrected chi connectivity index (χ2v) is 5.85. The normalized spacial score (nSPS) is 11.7. The summed E-state index contributed by atoms with van der Waals surface area (Å²) in [6, 6.07) is 8.15. The van der Waals surface area contributed by atoms with Crippen molar-refractivity contribution in [3.8, 4) is 11.6 Å². The Labute approximate surface area is 145 Å². The minimum absolute atomic E-state index is 0.0575. The van der Waals surface area contributed by atoms with Crippen LogP contribution in [0.15, 0.2) is 42.6 Å². The topological polar surface area (TPSA) is 80.3 Å². The number of anilines is 1. The van der Waals surface area contributed by atoms with E-state index in [0.717, 1.165) is 0 Å². The Morgan fingerprint density at radius 2 is 1.80 bits per heavy atom. The van der Waals surface area contributed by atoms with Crippen molar-refractivity contribution in [1.82, 2.24) is 10.3 Å². The SMILES string of the molecule is CC(=O)N[C@H](C(=O)Nc1ccc(Oc2ccc(F)cc2)nc1)C(C)C. The van der Waals surface area contributed by atoms with Gasteiger partial charge in [0.1, 0.15) is 17.6 Å². The maximum atomic E-state index is 12.9. The Hall–Kier alpha value is -2.96. The van der Waals surface area contributed by atoms with Gasteiger partial charge in [0.15, 0.2) is 0 Å². The molecule has 1 aromatic heterocycles. The molecule has 0 aliphatic carbocycles. The number of nitrogens with zero attached hydrogens (tertiary/aromatic N) is 1. The summed E-state index contributed by atoms with van der Waals surface area (Å²) < 4.78 is 18.3. The lowest BCUT2D eigenvalue weighted by atomic mass is 10.0. The van der Waals surface area contributed by atoms with Gasteiger partial charge in [-0.1, -0.05) is 13.8 Å². The summed E-state index contributed by atoms with van der Waals surface area (Å²) in [5, 5.41) is 5.33. The van der Waals surface area contributed by atoms with Gasteiger partial charge in [-0.15, -0.1) is 0 Å². The Kier molecular flexibility index (Phi) is 6.05. The molecule has 132 valence electrons. The van der Waals surface area contributed by atoms with Crippen LogP contribution in [0.5, 0.6) is 11.6 Å². The lowest BCUT2D eigenvalue weighted by molar-refractivity contribution is -0.126. The summed E-state index contributed by atoms with van der Waals surface area (Å²) in [5.74, 6) is -0.229. The van der Waals surface area contributed by atoms with E-state index in [1.54, 1.807) is 12.1 Å². The van der Waals surface area contributed by atoms with Gasteiger partial charge in [0.05, 0.1) is 11.9 Å². The second-order valence-electron chi connectivity index (χ2n) is 5.85. The predicted octanol–water partition coefficient (Wildman–Crippen LogP) is 3.11. The first kappa shape index (κ1) is 18.4. The van der Waals surface area contributed by atoms with Crippen LogP contribution in [0.4, 0.5) is 10.1 Å². The number of ether oxygens (including phenoxy) is 1. The zero-order valence-electron chi connectivity index (χ0n) is 14.2. The third-order valence-corrected chi connectivity index (χ3v) is 3.35. The molecule has 2 aromatic rings. The number of halogens is 1. The van der Waals surface area contributed by atoms with Crippen molar-refractivity contribution in [2.24, 2.45) is 5.92 Å². The van der Waals surface area contributed by atoms with Crippen molar-refractivity contribution >= 4 is 17.5 Å². The van der Waals surface area contributed by atoms with E-state index >= 15 is 0 Å². The van der Waals surface area contributed by atoms with E-state index in [1.165, 1.54) is 37.4 Å². The average Bonchev–Trinajstić information content (AvgIpc) is 2.56. The highest BCUT2D eigenvalue weighted by molar-refractivity contribution is 5.97. The predicted molar refractivity (Wildman–Crippen MR) is 91.8 cm³/mol. The first-order chi connectivity index (χ1) is 11.8. The molecule has 0 saturated carbocycles. The summed E-state index contributed by atoms with van der Waals surface area (Å²) >= 11 is 0. The molecule has 0 fully saturated rings. The fourth-order valence-electron chi connectivity index (χ4n) is 2.11. The van der Waals surface area contributed by atoms with Gasteiger partial charge in [-0.05, 0) is 36.2 Å². The van der Waals surface area contributed by atoms with Crippen molar-refractivity contribution < 1.29 is 18.7 Å². The maximum Gasteiger partial charge on any atom is 0.247 e. The van der Waals surface area contributed by atoms with Crippen LogP contribution in [-0.2, 0) is 9.59 Å². The zero-order valence-corrected chi connectivity index (χ0v) is 14.2. The molecule has 25 heavy (non-hydrogen) atoms. The zero-order chi connectivity index (χ0) is 18.4. The third-order valence-electron chi connectivity index (χ3n) is 3.35. The van der Waals surface area contributed by atoms with Crippen LogP contribution >= 0.6 is 0 Å². The third kappa shape index (κ3) is 5.56. The lowest BCUT2D eigenvalue weighted by Crippen LogP contribution is -2.46. The Morgan fingerprint density at radius 1 is 1.12 bits per heavy atom. The fourth-order valence-corrected chi connectivity index (χ4v) is 2.11. The fraction of sp³-hybridized carbons (Fsp3) is 0.278. The molecule has 7 heteroatoms. The van der Waals surface area contributed by atoms with Crippen LogP contribution in [0.25, 0.3) is 0 Å². The van der Waals surface area contributed by atoms with E-state index in [-0.39, 0.29) is 23.5 Å². The van der Waals surface area contributed by atoms with E-state index in [4.69, 9.17) is 4.74 Å². The van der Waals surface area contributed by atoms with Gasteiger partial charge >= 0.3 is 0 Å². The van der Waals surface area contributed by atoms with E-state index in [9.17, 15) is 14.0 Å². The smallest absolute Gasteiger partial charge is 0.247 e. The Bertz CT molecular complexity index is 730. The number of carbonyl (C=O) groups is 2. The number of rotatable bonds is 6. The number of hydrogen-bond donors (Lipinski definition) is 2. The quantitative estimate of drug-likeness (QED) is 0.843. The van der Waals surface area contributed by atoms with E-state index in [1.807, 2.05) is 13.8 Å². The summed E-state index contributed by atoms with van der Waals surface area (Å²) in [5.41, 5.74) is 0.479. The lowest BCUT2D eigenvalue weighted by Gasteiger charge is -2.20. The molecule has 0 radical (unpaired) electrons. The van der Waals surface area contributed by atoms with Crippen LogP contribution < -0.4 is 15.4 Å². The van der Waals surface area contributed by atoms with Gasteiger partial charge in [-0.3, -0.25) is 9.59 Å². The molecule has 2 rings (SSSR count). The molecule has 0 aliphatic rings. The minimum Gasteiger partial charge on any atom is -0.439 e. The summed E-state index contributed by atoms with van der Waals surface area (Å²) in [6.07, 6.45) is 1.45. The molecule has 0 spiro atoms. The van der Waals surface area contributed by atoms with Crippen molar-refractivity contribution in [3.05, 3.63) is 48.4 Å². The van der Waals surface area contributed by atoms with Gasteiger partial charge in [0.2, 0.25) is 17.7 Å². The number of carbonyl (C=O) groups excluding carboxylic acids is 2. The van der Waals surface area contributed by atoms with Gasteiger partial charge in [-0.2, -0.15) is 0 Å². The van der Waals surface area contributed by atoms with Gasteiger partial charge < -0.3 is 15.4 Å². The number of nitrogens with one attached hydrogen (secondary N) is 2. The van der Waals surface area contributed by atoms with Crippen molar-refractivity contribution in [2.75, 3.05) is 5.32 Å². The highest BCUT2D eigenvalue weighted by atomic mass is 19.1. The molecule has 0 unspecified atom stereocenters. The van der Waals surface area contributed by atoms with Gasteiger partial charge in [0, 0.05) is 13.0 Å². The summed E-state index contributed by atoms with van der Waals surface area (Å²) in [6.45, 7) is 5.06. The molecule has 0 saturated heterocycles. The number of aromatic nitrogens is 1. The van der Waals surface area contributed by atoms with Gasteiger partial charge in [0.25, 0.3) is 0 Å². The maximum absolute atomic E-state index is 12.9. The molecule has 0 bridgehead atoms. The molecule has 2 N–H and O–H groups in total. The first-order valence-electron chi connectivity index (χ1n) is 7.82. The van der Waals surface area contributed by atoms with Gasteiger partial charge in [-0.25, -0.2) is 9.37 Å². The van der Waals surface area contributed by atoms with Crippen LogP contribution in [-0.4, -0.2) is 22.8 Å². The van der Waals surface area contributed by atoms with Crippen LogP contribution in [0, 0.1) is 11.7 Å². The molecule has 6 nitrogen and oxygen atoms in total. The molecular weight excluding hydrogens is 325 g/mol. The van der Waals surface area contributed by atoms with Crippen molar-refractivity contribution in [1.29, 1.82) is 0 Å². The van der Waals surface area contributed by atoms with Crippen LogP contribution in [0.1, 0.15) is 20.8 Å². The van der Waals surface area contributed by atoms with E-state index in [0.29, 0.717) is 17.3 Å². The standard InChI is InChI=1S/C18H20FN3O3/c1-11(2)17(21-12(3)23)18(24)22-14-6-9-16(20-10-14)25-15-7-4-13(19)5-8-15/h4-11,17H,1-3H3,(H,21,23)(H,22,24)/t17-/m0/s1. The highest BCUT2D eigenvalue weighted by Gasteiger charge is 2.23. The molecule has 0 aliphatic heterocycles. The number of benzene rings is 1. The minimum atomic E-state index is -0.632. The number of amides is 2. The summed E-state index contributed by atoms with van der Waals surface area (Å²) in [4.78, 5) is 27.6. The van der Waals surface area contributed by atoms with Crippen molar-refractivity contribution in [3.63, 3.8) is 0 Å². The second kappa shape index (κ2) is 8.23. The molecular formula is C18H20FN3O3. The summed E-state index contributed by atoms with van der Waals surface area (Å²) in [7, 11) is 0. The molecule has 1 aromatic carbocycles. The largest absolute Gasteiger partial charge is 0.439 e. The average molecular weight is 345 g/mol. The number of pyridine rings is 1. The molecule has 2 amide bonds. The molecule has 1 atom stereocenters. The van der Waals surface area contributed by atoms with Crippen molar-refractivity contribution in [2.45, 2.75) is 26.8 Å². The Balaban J connectivity index is 2.00. The van der Waals surface area contributed by atoms with E-state index < -0.39 is 6.04 Å². The first-order valence-corrected chi connectivity index (χ1v) is 7.82. The molecule has 1 heterocycles.